The lowest BCUT2D eigenvalue weighted by atomic mass is 10.1. The number of benzene rings is 1. The van der Waals surface area contributed by atoms with Gasteiger partial charge in [-0.05, 0) is 24.1 Å². The summed E-state index contributed by atoms with van der Waals surface area (Å²) < 4.78 is 4.78. The van der Waals surface area contributed by atoms with Crippen molar-refractivity contribution in [1.29, 1.82) is 0 Å². The van der Waals surface area contributed by atoms with Gasteiger partial charge in [0.05, 0.1) is 11.4 Å². The van der Waals surface area contributed by atoms with Crippen LogP contribution in [0.15, 0.2) is 27.4 Å². The number of rotatable bonds is 4. The average Bonchev–Trinajstić information content (AvgIpc) is 2.84. The minimum absolute atomic E-state index is 0.0208. The van der Waals surface area contributed by atoms with E-state index >= 15 is 0 Å². The molecule has 1 aromatic carbocycles. The van der Waals surface area contributed by atoms with Crippen LogP contribution in [0.1, 0.15) is 24.2 Å². The van der Waals surface area contributed by atoms with E-state index in [1.165, 1.54) is 0 Å². The summed E-state index contributed by atoms with van der Waals surface area (Å²) in [6, 6.07) is 3.97. The number of aromatic amines is 1. The van der Waals surface area contributed by atoms with Gasteiger partial charge in [0.1, 0.15) is 6.04 Å². The fraction of sp³-hybridized carbons (Fsp3) is 0.357. The maximum Gasteiger partial charge on any atom is 0.417 e. The van der Waals surface area contributed by atoms with Crippen molar-refractivity contribution >= 4 is 34.5 Å². The number of aliphatic carboxylic acids is 1. The quantitative estimate of drug-likeness (QED) is 0.578. The molecule has 8 heteroatoms. The number of carboxylic acids is 1. The number of oxazole rings is 1. The van der Waals surface area contributed by atoms with Gasteiger partial charge in [-0.1, -0.05) is 13.8 Å². The van der Waals surface area contributed by atoms with Crippen molar-refractivity contribution < 1.29 is 19.1 Å². The first-order valence-corrected chi connectivity index (χ1v) is 7.00. The first-order chi connectivity index (χ1) is 10.3. The number of carbonyl (C=O) groups excluding carboxylic acids is 1. The Hall–Kier alpha value is -2.12. The lowest BCUT2D eigenvalue weighted by molar-refractivity contribution is -0.139. The summed E-state index contributed by atoms with van der Waals surface area (Å²) >= 11 is 5.40. The number of carbonyl (C=O) groups is 2. The first kappa shape index (κ1) is 17.9. The molecule has 7 nitrogen and oxygen atoms in total. The van der Waals surface area contributed by atoms with E-state index < -0.39 is 17.8 Å². The third kappa shape index (κ3) is 4.71. The number of H-pyrrole nitrogens is 1. The van der Waals surface area contributed by atoms with E-state index in [1.54, 1.807) is 32.0 Å². The van der Waals surface area contributed by atoms with E-state index in [9.17, 15) is 14.4 Å². The molecule has 0 saturated heterocycles. The highest BCUT2D eigenvalue weighted by Crippen LogP contribution is 2.12. The Morgan fingerprint density at radius 2 is 2.05 bits per heavy atom. The Bertz CT molecular complexity index is 719. The smallest absolute Gasteiger partial charge is 0.417 e. The molecule has 22 heavy (non-hydrogen) atoms. The van der Waals surface area contributed by atoms with Gasteiger partial charge in [0.2, 0.25) is 0 Å². The van der Waals surface area contributed by atoms with Crippen LogP contribution in [0.4, 0.5) is 0 Å². The molecule has 0 bridgehead atoms. The summed E-state index contributed by atoms with van der Waals surface area (Å²) in [6.07, 6.45) is 0. The zero-order chi connectivity index (χ0) is 16.9. The summed E-state index contributed by atoms with van der Waals surface area (Å²) in [5, 5.41) is 8.23. The molecule has 0 aliphatic rings. The first-order valence-electron chi connectivity index (χ1n) is 6.46. The summed E-state index contributed by atoms with van der Waals surface area (Å²) in [5.41, 5.74) is 6.56. The van der Waals surface area contributed by atoms with E-state index in [2.05, 4.69) is 4.98 Å². The van der Waals surface area contributed by atoms with Crippen LogP contribution in [0.25, 0.3) is 11.1 Å². The normalized spacial score (nSPS) is 11.9. The molecular formula is C14H17ClN2O5. The third-order valence-corrected chi connectivity index (χ3v) is 3.11. The van der Waals surface area contributed by atoms with Crippen LogP contribution in [-0.2, 0) is 4.79 Å². The Kier molecular flexibility index (Phi) is 6.33. The number of aromatic nitrogens is 1. The van der Waals surface area contributed by atoms with Crippen molar-refractivity contribution in [3.63, 3.8) is 0 Å². The zero-order valence-electron chi connectivity index (χ0n) is 12.1. The molecule has 0 fully saturated rings. The number of nitrogens with two attached hydrogens (primary N) is 1. The minimum Gasteiger partial charge on any atom is -0.480 e. The van der Waals surface area contributed by atoms with E-state index in [1.807, 2.05) is 0 Å². The molecule has 1 heterocycles. The molecule has 0 saturated carbocycles. The standard InChI is InChI=1S/C9H6ClNO3.C5H11NO2/c10-4-7(12)5-1-2-8-6(3-5)11-9(13)14-8;1-3(2)4(6)5(7)8/h1-3H,4H2,(H,11,13);3-4H,6H2,1-2H3,(H,7,8)/t;4-/m.0/s1. The molecule has 0 amide bonds. The number of nitrogens with one attached hydrogen (secondary N) is 1. The number of fused-ring (bicyclic) bond motifs is 1. The van der Waals surface area contributed by atoms with Crippen LogP contribution in [0.3, 0.4) is 0 Å². The second-order valence-electron chi connectivity index (χ2n) is 4.89. The molecule has 1 atom stereocenters. The summed E-state index contributed by atoms with van der Waals surface area (Å²) in [6.45, 7) is 3.55. The predicted molar refractivity (Wildman–Crippen MR) is 82.3 cm³/mol. The van der Waals surface area contributed by atoms with Gasteiger partial charge in [-0.25, -0.2) is 4.79 Å². The molecule has 2 aromatic rings. The van der Waals surface area contributed by atoms with Crippen LogP contribution in [-0.4, -0.2) is 33.8 Å². The van der Waals surface area contributed by atoms with Crippen molar-refractivity contribution in [1.82, 2.24) is 4.98 Å². The van der Waals surface area contributed by atoms with E-state index in [4.69, 9.17) is 26.9 Å². The predicted octanol–water partition coefficient (Wildman–Crippen LogP) is 1.60. The maximum absolute atomic E-state index is 11.2. The van der Waals surface area contributed by atoms with Crippen molar-refractivity contribution in [2.45, 2.75) is 19.9 Å². The summed E-state index contributed by atoms with van der Waals surface area (Å²) in [4.78, 5) is 34.5. The fourth-order valence-corrected chi connectivity index (χ4v) is 1.64. The topological polar surface area (TPSA) is 126 Å². The van der Waals surface area contributed by atoms with Crippen molar-refractivity contribution in [3.8, 4) is 0 Å². The summed E-state index contributed by atoms with van der Waals surface area (Å²) in [7, 11) is 0. The molecule has 0 unspecified atom stereocenters. The van der Waals surface area contributed by atoms with Crippen molar-refractivity contribution in [2.75, 3.05) is 5.88 Å². The Balaban J connectivity index is 0.000000261. The molecule has 0 aliphatic carbocycles. The minimum atomic E-state index is -0.931. The summed E-state index contributed by atoms with van der Waals surface area (Å²) in [5.74, 6) is -1.70. The van der Waals surface area contributed by atoms with Crippen molar-refractivity contribution in [2.24, 2.45) is 11.7 Å². The number of hydrogen-bond acceptors (Lipinski definition) is 5. The van der Waals surface area contributed by atoms with Crippen LogP contribution in [0.5, 0.6) is 0 Å². The highest BCUT2D eigenvalue weighted by atomic mass is 35.5. The monoisotopic (exact) mass is 328 g/mol. The molecule has 2 rings (SSSR count). The Morgan fingerprint density at radius 3 is 2.50 bits per heavy atom. The van der Waals surface area contributed by atoms with E-state index in [-0.39, 0.29) is 17.6 Å². The zero-order valence-corrected chi connectivity index (χ0v) is 12.9. The fourth-order valence-electron chi connectivity index (χ4n) is 1.49. The van der Waals surface area contributed by atoms with Gasteiger partial charge in [-0.15, -0.1) is 11.6 Å². The maximum atomic E-state index is 11.2. The van der Waals surface area contributed by atoms with Gasteiger partial charge >= 0.3 is 11.7 Å². The second kappa shape index (κ2) is 7.77. The molecule has 0 radical (unpaired) electrons. The highest BCUT2D eigenvalue weighted by molar-refractivity contribution is 6.30. The Labute approximate surface area is 131 Å². The van der Waals surface area contributed by atoms with Gasteiger partial charge in [0, 0.05) is 5.56 Å². The number of carboxylic acid groups (broad SMARTS) is 1. The van der Waals surface area contributed by atoms with Crippen LogP contribution in [0.2, 0.25) is 0 Å². The van der Waals surface area contributed by atoms with Gasteiger partial charge in [-0.3, -0.25) is 14.6 Å². The van der Waals surface area contributed by atoms with E-state index in [0.717, 1.165) is 0 Å². The molecule has 0 aliphatic heterocycles. The number of hydrogen-bond donors (Lipinski definition) is 3. The lowest BCUT2D eigenvalue weighted by Crippen LogP contribution is -2.34. The van der Waals surface area contributed by atoms with Crippen LogP contribution in [0, 0.1) is 5.92 Å². The Morgan fingerprint density at radius 1 is 1.41 bits per heavy atom. The molecule has 120 valence electrons. The number of Topliss-reactive ketones (excluding diaryl/α,β-unsaturated/α-hetero) is 1. The second-order valence-corrected chi connectivity index (χ2v) is 5.16. The molecule has 0 spiro atoms. The average molecular weight is 329 g/mol. The highest BCUT2D eigenvalue weighted by Gasteiger charge is 2.14. The van der Waals surface area contributed by atoms with Crippen LogP contribution >= 0.6 is 11.6 Å². The van der Waals surface area contributed by atoms with Crippen LogP contribution < -0.4 is 11.5 Å². The molecular weight excluding hydrogens is 312 g/mol. The van der Waals surface area contributed by atoms with Gasteiger partial charge in [-0.2, -0.15) is 0 Å². The lowest BCUT2D eigenvalue weighted by Gasteiger charge is -2.07. The number of halogens is 1. The van der Waals surface area contributed by atoms with E-state index in [0.29, 0.717) is 16.7 Å². The third-order valence-electron chi connectivity index (χ3n) is 2.87. The van der Waals surface area contributed by atoms with Gasteiger partial charge in [0.25, 0.3) is 0 Å². The number of ketones is 1. The largest absolute Gasteiger partial charge is 0.480 e. The number of alkyl halides is 1. The molecule has 4 N–H and O–H groups in total. The van der Waals surface area contributed by atoms with Crippen molar-refractivity contribution in [3.05, 3.63) is 34.3 Å². The molecule has 1 aromatic heterocycles. The SMILES string of the molecule is CC(C)[C@H](N)C(=O)O.O=C(CCl)c1ccc2oc(=O)[nH]c2c1. The van der Waals surface area contributed by atoms with Gasteiger partial charge < -0.3 is 15.3 Å². The van der Waals surface area contributed by atoms with Gasteiger partial charge in [0.15, 0.2) is 11.4 Å².